The SMILES string of the molecule is CCOC(=O)C1CCCN(C(=O)C(c2ccccc2)n2cnc(NC(=O)C(COCc3ccccc3)NC(=O)C(C)(C)N)c2)C1. The van der Waals surface area contributed by atoms with Gasteiger partial charge in [-0.15, -0.1) is 0 Å². The van der Waals surface area contributed by atoms with Crippen LogP contribution in [0.3, 0.4) is 0 Å². The predicted octanol–water partition coefficient (Wildman–Crippen LogP) is 2.65. The third-order valence-corrected chi connectivity index (χ3v) is 7.46. The zero-order valence-electron chi connectivity index (χ0n) is 26.0. The summed E-state index contributed by atoms with van der Waals surface area (Å²) in [7, 11) is 0. The van der Waals surface area contributed by atoms with Crippen LogP contribution in [0.2, 0.25) is 0 Å². The lowest BCUT2D eigenvalue weighted by Crippen LogP contribution is -2.56. The molecule has 0 radical (unpaired) electrons. The molecule has 1 fully saturated rings. The van der Waals surface area contributed by atoms with Crippen molar-refractivity contribution in [3.63, 3.8) is 0 Å². The smallest absolute Gasteiger partial charge is 0.310 e. The van der Waals surface area contributed by atoms with E-state index in [9.17, 15) is 19.2 Å². The van der Waals surface area contributed by atoms with Crippen molar-refractivity contribution in [2.75, 3.05) is 31.6 Å². The number of esters is 1. The highest BCUT2D eigenvalue weighted by atomic mass is 16.5. The molecule has 2 aromatic carbocycles. The Morgan fingerprint density at radius 2 is 1.76 bits per heavy atom. The highest BCUT2D eigenvalue weighted by molar-refractivity contribution is 5.98. The molecular formula is C33H42N6O6. The van der Waals surface area contributed by atoms with Gasteiger partial charge in [-0.25, -0.2) is 4.98 Å². The van der Waals surface area contributed by atoms with Crippen LogP contribution in [0.1, 0.15) is 50.8 Å². The van der Waals surface area contributed by atoms with Crippen molar-refractivity contribution in [3.05, 3.63) is 84.3 Å². The first-order chi connectivity index (χ1) is 21.6. The van der Waals surface area contributed by atoms with E-state index in [0.29, 0.717) is 19.4 Å². The molecular weight excluding hydrogens is 576 g/mol. The van der Waals surface area contributed by atoms with Gasteiger partial charge in [-0.3, -0.25) is 19.2 Å². The molecule has 12 heteroatoms. The van der Waals surface area contributed by atoms with Crippen LogP contribution in [-0.4, -0.2) is 76.0 Å². The minimum Gasteiger partial charge on any atom is -0.466 e. The molecule has 1 aliphatic heterocycles. The normalized spacial score (nSPS) is 16.4. The zero-order valence-corrected chi connectivity index (χ0v) is 26.0. The standard InChI is InChI=1S/C33H42N6O6/c1-4-45-31(42)25-16-11-17-38(18-25)30(41)28(24-14-9-6-10-15-24)39-19-27(35-22-39)37-29(40)26(36-32(43)33(2,3)34)21-44-20-23-12-7-5-8-13-23/h5-10,12-15,19,22,25-26,28H,4,11,16-18,20-21,34H2,1-3H3,(H,36,43)(H,37,40). The lowest BCUT2D eigenvalue weighted by Gasteiger charge is -2.34. The number of nitrogens with zero attached hydrogens (tertiary/aromatic N) is 3. The van der Waals surface area contributed by atoms with Crippen LogP contribution in [0.25, 0.3) is 0 Å². The second-order valence-corrected chi connectivity index (χ2v) is 11.6. The number of anilines is 1. The van der Waals surface area contributed by atoms with Crippen molar-refractivity contribution < 1.29 is 28.7 Å². The molecule has 0 spiro atoms. The third-order valence-electron chi connectivity index (χ3n) is 7.46. The van der Waals surface area contributed by atoms with E-state index in [1.165, 1.54) is 6.33 Å². The number of amides is 3. The number of rotatable bonds is 13. The Morgan fingerprint density at radius 3 is 2.42 bits per heavy atom. The number of piperidine rings is 1. The molecule has 0 saturated carbocycles. The van der Waals surface area contributed by atoms with Gasteiger partial charge in [0.25, 0.3) is 5.91 Å². The second-order valence-electron chi connectivity index (χ2n) is 11.6. The van der Waals surface area contributed by atoms with Gasteiger partial charge < -0.3 is 35.3 Å². The van der Waals surface area contributed by atoms with E-state index >= 15 is 0 Å². The van der Waals surface area contributed by atoms with Gasteiger partial charge in [-0.2, -0.15) is 0 Å². The summed E-state index contributed by atoms with van der Waals surface area (Å²) in [5, 5.41) is 5.40. The predicted molar refractivity (Wildman–Crippen MR) is 168 cm³/mol. The largest absolute Gasteiger partial charge is 0.466 e. The van der Waals surface area contributed by atoms with E-state index in [-0.39, 0.29) is 50.0 Å². The maximum Gasteiger partial charge on any atom is 0.310 e. The van der Waals surface area contributed by atoms with E-state index in [0.717, 1.165) is 11.1 Å². The number of hydrogen-bond donors (Lipinski definition) is 3. The van der Waals surface area contributed by atoms with Crippen molar-refractivity contribution >= 4 is 29.5 Å². The number of benzene rings is 2. The molecule has 4 N–H and O–H groups in total. The lowest BCUT2D eigenvalue weighted by atomic mass is 9.96. The van der Waals surface area contributed by atoms with Crippen molar-refractivity contribution in [3.8, 4) is 0 Å². The first-order valence-corrected chi connectivity index (χ1v) is 15.1. The summed E-state index contributed by atoms with van der Waals surface area (Å²) in [4.78, 5) is 58.5. The van der Waals surface area contributed by atoms with Gasteiger partial charge >= 0.3 is 5.97 Å². The number of carbonyl (C=O) groups is 4. The highest BCUT2D eigenvalue weighted by Crippen LogP contribution is 2.26. The molecule has 3 atom stereocenters. The molecule has 1 saturated heterocycles. The molecule has 0 bridgehead atoms. The van der Waals surface area contributed by atoms with Crippen molar-refractivity contribution in [1.29, 1.82) is 0 Å². The number of nitrogens with two attached hydrogens (primary N) is 1. The summed E-state index contributed by atoms with van der Waals surface area (Å²) in [5.41, 5.74) is 6.38. The van der Waals surface area contributed by atoms with Crippen LogP contribution in [0.5, 0.6) is 0 Å². The number of nitrogens with one attached hydrogen (secondary N) is 2. The van der Waals surface area contributed by atoms with Gasteiger partial charge in [-0.1, -0.05) is 60.7 Å². The first kappa shape index (κ1) is 33.3. The molecule has 3 aromatic rings. The van der Waals surface area contributed by atoms with E-state index < -0.39 is 29.4 Å². The maximum absolute atomic E-state index is 14.0. The minimum absolute atomic E-state index is 0.106. The van der Waals surface area contributed by atoms with Crippen molar-refractivity contribution in [2.24, 2.45) is 11.7 Å². The monoisotopic (exact) mass is 618 g/mol. The van der Waals surface area contributed by atoms with Gasteiger partial charge in [0.2, 0.25) is 11.8 Å². The number of carbonyl (C=O) groups excluding carboxylic acids is 4. The minimum atomic E-state index is -1.22. The second kappa shape index (κ2) is 15.4. The molecule has 240 valence electrons. The first-order valence-electron chi connectivity index (χ1n) is 15.1. The zero-order chi connectivity index (χ0) is 32.4. The van der Waals surface area contributed by atoms with Crippen LogP contribution in [0, 0.1) is 5.92 Å². The fraction of sp³-hybridized carbons (Fsp3) is 0.424. The van der Waals surface area contributed by atoms with Crippen LogP contribution < -0.4 is 16.4 Å². The van der Waals surface area contributed by atoms with Gasteiger partial charge in [0.15, 0.2) is 5.82 Å². The molecule has 45 heavy (non-hydrogen) atoms. The average molecular weight is 619 g/mol. The van der Waals surface area contributed by atoms with Crippen LogP contribution >= 0.6 is 0 Å². The van der Waals surface area contributed by atoms with Gasteiger partial charge in [0, 0.05) is 19.3 Å². The van der Waals surface area contributed by atoms with Gasteiger partial charge in [0.05, 0.1) is 37.6 Å². The topological polar surface area (TPSA) is 158 Å². The molecule has 3 amide bonds. The number of ether oxygens (including phenoxy) is 2. The van der Waals surface area contributed by atoms with Crippen LogP contribution in [0.4, 0.5) is 5.82 Å². The highest BCUT2D eigenvalue weighted by Gasteiger charge is 2.34. The lowest BCUT2D eigenvalue weighted by molar-refractivity contribution is -0.151. The number of imidazole rings is 1. The summed E-state index contributed by atoms with van der Waals surface area (Å²) >= 11 is 0. The Kier molecular flexibility index (Phi) is 11.4. The third kappa shape index (κ3) is 9.22. The van der Waals surface area contributed by atoms with E-state index in [1.54, 1.807) is 36.4 Å². The Labute approximate surface area is 263 Å². The Bertz CT molecular complexity index is 1440. The number of likely N-dealkylation sites (tertiary alicyclic amines) is 1. The molecule has 1 aliphatic rings. The van der Waals surface area contributed by atoms with Crippen molar-refractivity contribution in [1.82, 2.24) is 19.8 Å². The molecule has 12 nitrogen and oxygen atoms in total. The molecule has 4 rings (SSSR count). The Hall–Kier alpha value is -4.55. The van der Waals surface area contributed by atoms with E-state index in [4.69, 9.17) is 15.2 Å². The maximum atomic E-state index is 14.0. The number of hydrogen-bond acceptors (Lipinski definition) is 8. The summed E-state index contributed by atoms with van der Waals surface area (Å²) in [6, 6.07) is 16.8. The molecule has 1 aromatic heterocycles. The molecule has 0 aliphatic carbocycles. The molecule has 2 heterocycles. The van der Waals surface area contributed by atoms with E-state index in [1.807, 2.05) is 60.7 Å². The van der Waals surface area contributed by atoms with Gasteiger partial charge in [0.1, 0.15) is 12.1 Å². The fourth-order valence-corrected chi connectivity index (χ4v) is 5.03. The summed E-state index contributed by atoms with van der Waals surface area (Å²) < 4.78 is 12.6. The van der Waals surface area contributed by atoms with Crippen molar-refractivity contribution in [2.45, 2.75) is 57.8 Å². The Balaban J connectivity index is 1.51. The van der Waals surface area contributed by atoms with E-state index in [2.05, 4.69) is 15.6 Å². The van der Waals surface area contributed by atoms with Crippen LogP contribution in [-0.2, 0) is 35.3 Å². The fourth-order valence-electron chi connectivity index (χ4n) is 5.03. The number of aromatic nitrogens is 2. The summed E-state index contributed by atoms with van der Waals surface area (Å²) in [6.45, 7) is 6.05. The summed E-state index contributed by atoms with van der Waals surface area (Å²) in [5.74, 6) is -1.77. The van der Waals surface area contributed by atoms with Crippen LogP contribution in [0.15, 0.2) is 73.2 Å². The average Bonchev–Trinajstić information content (AvgIpc) is 3.48. The summed E-state index contributed by atoms with van der Waals surface area (Å²) in [6.07, 6.45) is 4.38. The quantitative estimate of drug-likeness (QED) is 0.247. The van der Waals surface area contributed by atoms with Gasteiger partial charge in [-0.05, 0) is 44.7 Å². The molecule has 3 unspecified atom stereocenters. The Morgan fingerprint density at radius 1 is 1.07 bits per heavy atom.